The summed E-state index contributed by atoms with van der Waals surface area (Å²) >= 11 is 0. The Kier molecular flexibility index (Phi) is 4.97. The fraction of sp³-hybridized carbons (Fsp3) is 0.412. The lowest BCUT2D eigenvalue weighted by atomic mass is 10.1. The van der Waals surface area contributed by atoms with Gasteiger partial charge in [0.05, 0.1) is 0 Å². The van der Waals surface area contributed by atoms with Gasteiger partial charge in [0.25, 0.3) is 0 Å². The van der Waals surface area contributed by atoms with Crippen LogP contribution in [0.1, 0.15) is 31.2 Å². The van der Waals surface area contributed by atoms with Gasteiger partial charge in [0.15, 0.2) is 0 Å². The molecule has 2 fully saturated rings. The number of anilines is 1. The number of hydrogen-bond acceptors (Lipinski definition) is 4. The molecular formula is C17H20N4O4. The minimum Gasteiger partial charge on any atom is -0.350 e. The average Bonchev–Trinajstić information content (AvgIpc) is 2.94. The maximum absolute atomic E-state index is 12.2. The average molecular weight is 344 g/mol. The Morgan fingerprint density at radius 2 is 1.92 bits per heavy atom. The summed E-state index contributed by atoms with van der Waals surface area (Å²) in [7, 11) is 0. The van der Waals surface area contributed by atoms with E-state index in [-0.39, 0.29) is 30.6 Å². The molecule has 25 heavy (non-hydrogen) atoms. The van der Waals surface area contributed by atoms with Crippen LogP contribution in [0, 0.1) is 0 Å². The summed E-state index contributed by atoms with van der Waals surface area (Å²) in [5.74, 6) is -0.586. The molecule has 3 N–H and O–H groups in total. The molecule has 2 heterocycles. The van der Waals surface area contributed by atoms with Gasteiger partial charge in [-0.15, -0.1) is 0 Å². The molecule has 3 rings (SSSR count). The molecule has 2 saturated heterocycles. The van der Waals surface area contributed by atoms with Crippen molar-refractivity contribution in [3.8, 4) is 0 Å². The molecule has 1 aromatic carbocycles. The van der Waals surface area contributed by atoms with E-state index in [1.807, 2.05) is 24.3 Å². The van der Waals surface area contributed by atoms with E-state index >= 15 is 0 Å². The van der Waals surface area contributed by atoms with Gasteiger partial charge < -0.3 is 15.5 Å². The van der Waals surface area contributed by atoms with Crippen molar-refractivity contribution in [1.82, 2.24) is 16.0 Å². The molecule has 1 aromatic rings. The quantitative estimate of drug-likeness (QED) is 0.735. The molecule has 5 amide bonds. The predicted octanol–water partition coefficient (Wildman–Crippen LogP) is 0.418. The summed E-state index contributed by atoms with van der Waals surface area (Å²) in [6.45, 7) is 1.05. The number of carbonyl (C=O) groups is 4. The molecule has 8 heteroatoms. The first-order valence-corrected chi connectivity index (χ1v) is 8.30. The maximum Gasteiger partial charge on any atom is 0.322 e. The lowest BCUT2D eigenvalue weighted by Gasteiger charge is -2.17. The van der Waals surface area contributed by atoms with Crippen LogP contribution < -0.4 is 20.9 Å². The van der Waals surface area contributed by atoms with Gasteiger partial charge in [0, 0.05) is 31.6 Å². The fourth-order valence-corrected chi connectivity index (χ4v) is 2.95. The molecule has 0 aliphatic carbocycles. The Balaban J connectivity index is 1.54. The van der Waals surface area contributed by atoms with E-state index in [9.17, 15) is 19.2 Å². The number of nitrogens with one attached hydrogen (secondary N) is 3. The molecule has 0 saturated carbocycles. The second-order valence-electron chi connectivity index (χ2n) is 6.15. The second kappa shape index (κ2) is 7.33. The van der Waals surface area contributed by atoms with E-state index in [2.05, 4.69) is 16.0 Å². The minimum atomic E-state index is -0.729. The number of hydrogen-bond donors (Lipinski definition) is 3. The summed E-state index contributed by atoms with van der Waals surface area (Å²) in [5.41, 5.74) is 1.75. The zero-order chi connectivity index (χ0) is 17.8. The van der Waals surface area contributed by atoms with Crippen LogP contribution in [0.3, 0.4) is 0 Å². The molecule has 0 bridgehead atoms. The summed E-state index contributed by atoms with van der Waals surface area (Å²) in [6, 6.07) is 6.06. The number of benzene rings is 1. The standard InChI is InChI=1S/C17H20N4O4/c22-14-8-7-13(19-17(25)20-14)16(24)18-10-11-3-5-12(6-4-11)21-9-1-2-15(21)23/h3-6,13H,1-2,7-10H2,(H,18,24)(H2,19,20,22,25). The van der Waals surface area contributed by atoms with Crippen LogP contribution in [0.5, 0.6) is 0 Å². The molecule has 0 spiro atoms. The molecule has 132 valence electrons. The van der Waals surface area contributed by atoms with Crippen molar-refractivity contribution < 1.29 is 19.2 Å². The van der Waals surface area contributed by atoms with Crippen LogP contribution in [0.4, 0.5) is 10.5 Å². The molecule has 0 radical (unpaired) electrons. The van der Waals surface area contributed by atoms with Gasteiger partial charge in [0.1, 0.15) is 6.04 Å². The lowest BCUT2D eigenvalue weighted by Crippen LogP contribution is -2.48. The zero-order valence-corrected chi connectivity index (χ0v) is 13.7. The predicted molar refractivity (Wildman–Crippen MR) is 89.6 cm³/mol. The molecule has 2 aliphatic heterocycles. The summed E-state index contributed by atoms with van der Waals surface area (Å²) in [6.07, 6.45) is 1.85. The van der Waals surface area contributed by atoms with Crippen molar-refractivity contribution in [3.63, 3.8) is 0 Å². The van der Waals surface area contributed by atoms with E-state index in [0.29, 0.717) is 13.0 Å². The SMILES string of the molecule is O=C1CCC(C(=O)NCc2ccc(N3CCCC3=O)cc2)NC(=O)N1. The highest BCUT2D eigenvalue weighted by Gasteiger charge is 2.26. The van der Waals surface area contributed by atoms with Crippen molar-refractivity contribution in [2.75, 3.05) is 11.4 Å². The Morgan fingerprint density at radius 1 is 1.16 bits per heavy atom. The van der Waals surface area contributed by atoms with Gasteiger partial charge in [0.2, 0.25) is 17.7 Å². The van der Waals surface area contributed by atoms with Crippen molar-refractivity contribution >= 4 is 29.4 Å². The normalized spacial score (nSPS) is 20.7. The highest BCUT2D eigenvalue weighted by molar-refractivity contribution is 5.98. The maximum atomic E-state index is 12.2. The first kappa shape index (κ1) is 16.9. The van der Waals surface area contributed by atoms with Crippen LogP contribution in [0.2, 0.25) is 0 Å². The molecular weight excluding hydrogens is 324 g/mol. The van der Waals surface area contributed by atoms with Crippen LogP contribution >= 0.6 is 0 Å². The number of urea groups is 1. The van der Waals surface area contributed by atoms with Crippen molar-refractivity contribution in [3.05, 3.63) is 29.8 Å². The Hall–Kier alpha value is -2.90. The van der Waals surface area contributed by atoms with Gasteiger partial charge in [-0.3, -0.25) is 19.7 Å². The third-order valence-corrected chi connectivity index (χ3v) is 4.32. The molecule has 8 nitrogen and oxygen atoms in total. The van der Waals surface area contributed by atoms with Crippen LogP contribution in [-0.4, -0.2) is 36.3 Å². The monoisotopic (exact) mass is 344 g/mol. The summed E-state index contributed by atoms with van der Waals surface area (Å²) < 4.78 is 0. The summed E-state index contributed by atoms with van der Waals surface area (Å²) in [4.78, 5) is 48.4. The smallest absolute Gasteiger partial charge is 0.322 e. The van der Waals surface area contributed by atoms with E-state index in [1.165, 1.54) is 0 Å². The minimum absolute atomic E-state index is 0.120. The molecule has 1 unspecified atom stereocenters. The largest absolute Gasteiger partial charge is 0.350 e. The summed E-state index contributed by atoms with van der Waals surface area (Å²) in [5, 5.41) is 7.36. The highest BCUT2D eigenvalue weighted by Crippen LogP contribution is 2.21. The van der Waals surface area contributed by atoms with Crippen LogP contribution in [-0.2, 0) is 20.9 Å². The number of amides is 5. The van der Waals surface area contributed by atoms with E-state index in [0.717, 1.165) is 24.2 Å². The first-order valence-electron chi connectivity index (χ1n) is 8.30. The van der Waals surface area contributed by atoms with Gasteiger partial charge in [-0.05, 0) is 30.5 Å². The third-order valence-electron chi connectivity index (χ3n) is 4.32. The van der Waals surface area contributed by atoms with Crippen molar-refractivity contribution in [1.29, 1.82) is 0 Å². The van der Waals surface area contributed by atoms with Crippen molar-refractivity contribution in [2.24, 2.45) is 0 Å². The van der Waals surface area contributed by atoms with Gasteiger partial charge >= 0.3 is 6.03 Å². The number of rotatable bonds is 4. The number of carbonyl (C=O) groups excluding carboxylic acids is 4. The topological polar surface area (TPSA) is 108 Å². The fourth-order valence-electron chi connectivity index (χ4n) is 2.95. The van der Waals surface area contributed by atoms with Gasteiger partial charge in [-0.25, -0.2) is 4.79 Å². The van der Waals surface area contributed by atoms with Crippen LogP contribution in [0.25, 0.3) is 0 Å². The number of nitrogens with zero attached hydrogens (tertiary/aromatic N) is 1. The first-order chi connectivity index (χ1) is 12.0. The second-order valence-corrected chi connectivity index (χ2v) is 6.15. The Morgan fingerprint density at radius 3 is 2.60 bits per heavy atom. The molecule has 1 atom stereocenters. The Bertz CT molecular complexity index is 701. The molecule has 0 aromatic heterocycles. The van der Waals surface area contributed by atoms with Gasteiger partial charge in [-0.1, -0.05) is 12.1 Å². The number of imide groups is 1. The van der Waals surface area contributed by atoms with Crippen LogP contribution in [0.15, 0.2) is 24.3 Å². The van der Waals surface area contributed by atoms with Crippen molar-refractivity contribution in [2.45, 2.75) is 38.3 Å². The van der Waals surface area contributed by atoms with E-state index < -0.39 is 12.1 Å². The lowest BCUT2D eigenvalue weighted by molar-refractivity contribution is -0.123. The highest BCUT2D eigenvalue weighted by atomic mass is 16.2. The zero-order valence-electron chi connectivity index (χ0n) is 13.7. The van der Waals surface area contributed by atoms with E-state index in [4.69, 9.17) is 0 Å². The third kappa shape index (κ3) is 4.14. The Labute approximate surface area is 144 Å². The molecule has 2 aliphatic rings. The van der Waals surface area contributed by atoms with E-state index in [1.54, 1.807) is 4.90 Å². The van der Waals surface area contributed by atoms with Gasteiger partial charge in [-0.2, -0.15) is 0 Å².